The average Bonchev–Trinajstić information content (AvgIpc) is 3.12. The molecule has 0 saturated heterocycles. The smallest absolute Gasteiger partial charge is 0.224 e. The number of hydrogen-bond acceptors (Lipinski definition) is 4. The number of aromatic nitrogens is 1. The molecular weight excluding hydrogens is 316 g/mol. The maximum atomic E-state index is 12.1. The number of hydrogen-bond donors (Lipinski definition) is 1. The second-order valence-electron chi connectivity index (χ2n) is 5.51. The van der Waals surface area contributed by atoms with Gasteiger partial charge in [0.15, 0.2) is 5.76 Å². The number of oxazole rings is 1. The Labute approximate surface area is 146 Å². The first-order valence-electron chi connectivity index (χ1n) is 8.23. The van der Waals surface area contributed by atoms with Crippen molar-refractivity contribution in [1.29, 1.82) is 0 Å². The average molecular weight is 336 g/mol. The fraction of sp³-hybridized carbons (Fsp3) is 0.200. The number of benzene rings is 2. The van der Waals surface area contributed by atoms with Gasteiger partial charge in [-0.25, -0.2) is 4.98 Å². The zero-order valence-corrected chi connectivity index (χ0v) is 14.1. The van der Waals surface area contributed by atoms with Crippen molar-refractivity contribution in [3.63, 3.8) is 0 Å². The zero-order chi connectivity index (χ0) is 17.5. The molecule has 0 aliphatic carbocycles. The van der Waals surface area contributed by atoms with E-state index in [0.29, 0.717) is 24.7 Å². The number of nitrogens with one attached hydrogen (secondary N) is 1. The Morgan fingerprint density at radius 3 is 2.60 bits per heavy atom. The monoisotopic (exact) mass is 336 g/mol. The highest BCUT2D eigenvalue weighted by atomic mass is 16.5. The molecule has 5 nitrogen and oxygen atoms in total. The van der Waals surface area contributed by atoms with E-state index in [0.717, 1.165) is 16.9 Å². The second kappa shape index (κ2) is 8.15. The molecule has 0 aliphatic heterocycles. The summed E-state index contributed by atoms with van der Waals surface area (Å²) in [5.74, 6) is 1.90. The van der Waals surface area contributed by atoms with Gasteiger partial charge in [0.2, 0.25) is 11.8 Å². The summed E-state index contributed by atoms with van der Waals surface area (Å²) in [4.78, 5) is 16.3. The van der Waals surface area contributed by atoms with E-state index in [2.05, 4.69) is 10.3 Å². The van der Waals surface area contributed by atoms with Crippen molar-refractivity contribution in [1.82, 2.24) is 10.3 Å². The predicted octanol–water partition coefficient (Wildman–Crippen LogP) is 3.60. The zero-order valence-electron chi connectivity index (χ0n) is 14.1. The van der Waals surface area contributed by atoms with Gasteiger partial charge in [-0.05, 0) is 24.6 Å². The van der Waals surface area contributed by atoms with Crippen molar-refractivity contribution in [2.24, 2.45) is 0 Å². The van der Waals surface area contributed by atoms with E-state index < -0.39 is 0 Å². The molecule has 1 aromatic heterocycles. The van der Waals surface area contributed by atoms with E-state index in [4.69, 9.17) is 9.15 Å². The van der Waals surface area contributed by atoms with Gasteiger partial charge in [-0.3, -0.25) is 4.79 Å². The number of amides is 1. The normalized spacial score (nSPS) is 10.4. The highest BCUT2D eigenvalue weighted by molar-refractivity contribution is 5.78. The first kappa shape index (κ1) is 16.8. The second-order valence-corrected chi connectivity index (χ2v) is 5.51. The molecule has 1 amide bonds. The predicted molar refractivity (Wildman–Crippen MR) is 95.1 cm³/mol. The van der Waals surface area contributed by atoms with Crippen LogP contribution in [0.3, 0.4) is 0 Å². The summed E-state index contributed by atoms with van der Waals surface area (Å²) in [5.41, 5.74) is 1.89. The molecule has 0 spiro atoms. The molecule has 25 heavy (non-hydrogen) atoms. The Morgan fingerprint density at radius 1 is 1.12 bits per heavy atom. The van der Waals surface area contributed by atoms with Gasteiger partial charge in [0.05, 0.1) is 25.8 Å². The van der Waals surface area contributed by atoms with E-state index in [1.807, 2.05) is 61.5 Å². The minimum atomic E-state index is -0.0800. The van der Waals surface area contributed by atoms with Crippen molar-refractivity contribution in [3.8, 4) is 17.1 Å². The van der Waals surface area contributed by atoms with Gasteiger partial charge in [0, 0.05) is 5.56 Å². The summed E-state index contributed by atoms with van der Waals surface area (Å²) in [6, 6.07) is 17.3. The molecule has 0 saturated carbocycles. The molecule has 0 bridgehead atoms. The third-order valence-electron chi connectivity index (χ3n) is 3.65. The van der Waals surface area contributed by atoms with Crippen LogP contribution in [-0.4, -0.2) is 17.5 Å². The standard InChI is InChI=1S/C20H20N2O3/c1-2-24-17-10-8-15(9-11-17)12-19(23)21-14-20-22-13-18(25-20)16-6-4-3-5-7-16/h3-11,13H,2,12,14H2,1H3,(H,21,23). The Bertz CT molecular complexity index is 810. The summed E-state index contributed by atoms with van der Waals surface area (Å²) in [7, 11) is 0. The molecule has 0 atom stereocenters. The molecular formula is C20H20N2O3. The third kappa shape index (κ3) is 4.70. The van der Waals surface area contributed by atoms with Crippen LogP contribution in [0.15, 0.2) is 65.2 Å². The minimum absolute atomic E-state index is 0.0800. The summed E-state index contributed by atoms with van der Waals surface area (Å²) in [6.45, 7) is 2.83. The maximum absolute atomic E-state index is 12.1. The Kier molecular flexibility index (Phi) is 5.46. The van der Waals surface area contributed by atoms with E-state index in [1.54, 1.807) is 6.20 Å². The Hall–Kier alpha value is -3.08. The van der Waals surface area contributed by atoms with Crippen molar-refractivity contribution in [3.05, 3.63) is 72.2 Å². The van der Waals surface area contributed by atoms with Crippen LogP contribution >= 0.6 is 0 Å². The fourth-order valence-corrected chi connectivity index (χ4v) is 2.42. The summed E-state index contributed by atoms with van der Waals surface area (Å²) in [5, 5.41) is 2.83. The lowest BCUT2D eigenvalue weighted by atomic mass is 10.1. The van der Waals surface area contributed by atoms with Crippen LogP contribution in [0, 0.1) is 0 Å². The Balaban J connectivity index is 1.51. The van der Waals surface area contributed by atoms with Gasteiger partial charge < -0.3 is 14.5 Å². The van der Waals surface area contributed by atoms with Crippen molar-refractivity contribution >= 4 is 5.91 Å². The summed E-state index contributed by atoms with van der Waals surface area (Å²) in [6.07, 6.45) is 1.97. The van der Waals surface area contributed by atoms with E-state index in [-0.39, 0.29) is 12.5 Å². The summed E-state index contributed by atoms with van der Waals surface area (Å²) >= 11 is 0. The van der Waals surface area contributed by atoms with Gasteiger partial charge in [-0.1, -0.05) is 42.5 Å². The topological polar surface area (TPSA) is 64.4 Å². The lowest BCUT2D eigenvalue weighted by Gasteiger charge is -2.05. The lowest BCUT2D eigenvalue weighted by molar-refractivity contribution is -0.120. The Morgan fingerprint density at radius 2 is 1.88 bits per heavy atom. The molecule has 1 heterocycles. The molecule has 0 unspecified atom stereocenters. The number of rotatable bonds is 7. The molecule has 3 aromatic rings. The third-order valence-corrected chi connectivity index (χ3v) is 3.65. The van der Waals surface area contributed by atoms with E-state index in [1.165, 1.54) is 0 Å². The molecule has 0 aliphatic rings. The van der Waals surface area contributed by atoms with Crippen LogP contribution in [0.25, 0.3) is 11.3 Å². The van der Waals surface area contributed by atoms with Gasteiger partial charge >= 0.3 is 0 Å². The van der Waals surface area contributed by atoms with Crippen molar-refractivity contribution in [2.45, 2.75) is 19.9 Å². The fourth-order valence-electron chi connectivity index (χ4n) is 2.42. The van der Waals surface area contributed by atoms with Gasteiger partial charge in [0.25, 0.3) is 0 Å². The van der Waals surface area contributed by atoms with E-state index in [9.17, 15) is 4.79 Å². The molecule has 3 rings (SSSR count). The maximum Gasteiger partial charge on any atom is 0.224 e. The van der Waals surface area contributed by atoms with Crippen molar-refractivity contribution < 1.29 is 13.9 Å². The molecule has 0 radical (unpaired) electrons. The largest absolute Gasteiger partial charge is 0.494 e. The molecule has 5 heteroatoms. The van der Waals surface area contributed by atoms with Gasteiger partial charge in [-0.15, -0.1) is 0 Å². The number of carbonyl (C=O) groups excluding carboxylic acids is 1. The molecule has 128 valence electrons. The number of ether oxygens (including phenoxy) is 1. The molecule has 1 N–H and O–H groups in total. The van der Waals surface area contributed by atoms with Crippen LogP contribution in [-0.2, 0) is 17.8 Å². The van der Waals surface area contributed by atoms with Gasteiger partial charge in [0.1, 0.15) is 5.75 Å². The first-order valence-corrected chi connectivity index (χ1v) is 8.23. The van der Waals surface area contributed by atoms with Crippen LogP contribution < -0.4 is 10.1 Å². The summed E-state index contributed by atoms with van der Waals surface area (Å²) < 4.78 is 11.1. The molecule has 2 aromatic carbocycles. The number of carbonyl (C=O) groups is 1. The molecule has 0 fully saturated rings. The highest BCUT2D eigenvalue weighted by Gasteiger charge is 2.08. The quantitative estimate of drug-likeness (QED) is 0.716. The van der Waals surface area contributed by atoms with Crippen LogP contribution in [0.2, 0.25) is 0 Å². The van der Waals surface area contributed by atoms with Crippen LogP contribution in [0.4, 0.5) is 0 Å². The minimum Gasteiger partial charge on any atom is -0.494 e. The van der Waals surface area contributed by atoms with Crippen LogP contribution in [0.1, 0.15) is 18.4 Å². The van der Waals surface area contributed by atoms with Crippen molar-refractivity contribution in [2.75, 3.05) is 6.61 Å². The lowest BCUT2D eigenvalue weighted by Crippen LogP contribution is -2.24. The first-order chi connectivity index (χ1) is 12.2. The van der Waals surface area contributed by atoms with Gasteiger partial charge in [-0.2, -0.15) is 0 Å². The van der Waals surface area contributed by atoms with Crippen LogP contribution in [0.5, 0.6) is 5.75 Å². The highest BCUT2D eigenvalue weighted by Crippen LogP contribution is 2.19. The SMILES string of the molecule is CCOc1ccc(CC(=O)NCc2ncc(-c3ccccc3)o2)cc1. The van der Waals surface area contributed by atoms with E-state index >= 15 is 0 Å². The number of nitrogens with zero attached hydrogens (tertiary/aromatic N) is 1.